The first-order valence-corrected chi connectivity index (χ1v) is 8.85. The third kappa shape index (κ3) is 3.04. The zero-order valence-electron chi connectivity index (χ0n) is 9.34. The van der Waals surface area contributed by atoms with Crippen LogP contribution in [0.3, 0.4) is 0 Å². The number of carbonyl (C=O) groups is 1. The van der Waals surface area contributed by atoms with E-state index in [1.165, 1.54) is 18.4 Å². The molecule has 4 nitrogen and oxygen atoms in total. The van der Waals surface area contributed by atoms with E-state index >= 15 is 0 Å². The van der Waals surface area contributed by atoms with Gasteiger partial charge in [-0.1, -0.05) is 46.0 Å². The predicted octanol–water partition coefficient (Wildman–Crippen LogP) is 3.48. The highest BCUT2D eigenvalue weighted by Gasteiger charge is 2.10. The smallest absolute Gasteiger partial charge is 0.325 e. The van der Waals surface area contributed by atoms with Gasteiger partial charge in [-0.25, -0.2) is 4.76 Å². The summed E-state index contributed by atoms with van der Waals surface area (Å²) >= 11 is 12.9. The van der Waals surface area contributed by atoms with E-state index in [-0.39, 0.29) is 12.5 Å². The lowest BCUT2D eigenvalue weighted by Crippen LogP contribution is -2.20. The molecule has 1 heterocycles. The second-order valence-electron chi connectivity index (χ2n) is 3.33. The van der Waals surface area contributed by atoms with Gasteiger partial charge in [-0.2, -0.15) is 0 Å². The lowest BCUT2D eigenvalue weighted by molar-refractivity contribution is -0.141. The molecular formula is C10H9Cl2N2O2PS. The van der Waals surface area contributed by atoms with E-state index in [0.29, 0.717) is 4.80 Å². The van der Waals surface area contributed by atoms with Gasteiger partial charge in [0.05, 0.1) is 17.3 Å². The Hall–Kier alpha value is -0.610. The highest BCUT2D eigenvalue weighted by molar-refractivity contribution is 8.02. The molecule has 0 unspecified atom stereocenters. The molecule has 0 aliphatic rings. The van der Waals surface area contributed by atoms with Gasteiger partial charge in [-0.05, 0) is 12.1 Å². The Morgan fingerprint density at radius 2 is 2.22 bits per heavy atom. The van der Waals surface area contributed by atoms with Crippen molar-refractivity contribution in [3.05, 3.63) is 29.1 Å². The van der Waals surface area contributed by atoms with Crippen molar-refractivity contribution in [3.63, 3.8) is 0 Å². The number of hydrogen-bond acceptors (Lipinski definition) is 4. The molecule has 1 aromatic heterocycles. The number of fused-ring (bicyclic) bond motifs is 1. The lowest BCUT2D eigenvalue weighted by atomic mass is 10.3. The second-order valence-corrected chi connectivity index (χ2v) is 7.41. The van der Waals surface area contributed by atoms with Crippen LogP contribution in [0.1, 0.15) is 0 Å². The average Bonchev–Trinajstić information content (AvgIpc) is 2.66. The highest BCUT2D eigenvalue weighted by atomic mass is 35.9. The van der Waals surface area contributed by atoms with E-state index in [1.807, 2.05) is 24.3 Å². The van der Waals surface area contributed by atoms with Crippen molar-refractivity contribution in [2.75, 3.05) is 7.11 Å². The SMILES string of the molecule is COC(=O)Cn1/c(=N/P(Cl)Cl)sc2ccccc21. The molecule has 0 radical (unpaired) electrons. The third-order valence-electron chi connectivity index (χ3n) is 2.26. The van der Waals surface area contributed by atoms with Crippen molar-refractivity contribution in [3.8, 4) is 0 Å². The van der Waals surface area contributed by atoms with E-state index in [4.69, 9.17) is 22.5 Å². The molecule has 0 atom stereocenters. The van der Waals surface area contributed by atoms with E-state index < -0.39 is 6.78 Å². The number of aromatic nitrogens is 1. The van der Waals surface area contributed by atoms with E-state index in [1.54, 1.807) is 4.57 Å². The summed E-state index contributed by atoms with van der Waals surface area (Å²) in [6.07, 6.45) is 0. The van der Waals surface area contributed by atoms with Crippen molar-refractivity contribution in [2.45, 2.75) is 6.54 Å². The average molecular weight is 323 g/mol. The Bertz CT molecular complexity index is 638. The normalized spacial score (nSPS) is 12.3. The third-order valence-corrected chi connectivity index (χ3v) is 4.25. The van der Waals surface area contributed by atoms with Gasteiger partial charge in [0.1, 0.15) is 6.54 Å². The first-order valence-electron chi connectivity index (χ1n) is 4.93. The molecule has 8 heteroatoms. The first kappa shape index (κ1) is 13.8. The van der Waals surface area contributed by atoms with Crippen LogP contribution < -0.4 is 4.80 Å². The molecule has 1 aromatic carbocycles. The van der Waals surface area contributed by atoms with E-state index in [2.05, 4.69) is 9.50 Å². The van der Waals surface area contributed by atoms with Crippen LogP contribution in [0.15, 0.2) is 29.0 Å². The van der Waals surface area contributed by atoms with Crippen molar-refractivity contribution in [1.29, 1.82) is 0 Å². The number of rotatable bonds is 3. The maximum Gasteiger partial charge on any atom is 0.325 e. The van der Waals surface area contributed by atoms with Crippen LogP contribution in [-0.2, 0) is 16.1 Å². The van der Waals surface area contributed by atoms with Crippen molar-refractivity contribution in [2.24, 2.45) is 4.76 Å². The molecule has 0 bridgehead atoms. The quantitative estimate of drug-likeness (QED) is 0.641. The maximum absolute atomic E-state index is 11.4. The number of carbonyl (C=O) groups excluding carboxylic acids is 1. The van der Waals surface area contributed by atoms with Crippen LogP contribution in [-0.4, -0.2) is 17.6 Å². The summed E-state index contributed by atoms with van der Waals surface area (Å²) < 4.78 is 11.6. The number of methoxy groups -OCH3 is 1. The fourth-order valence-electron chi connectivity index (χ4n) is 1.51. The van der Waals surface area contributed by atoms with Gasteiger partial charge in [-0.15, -0.1) is 0 Å². The summed E-state index contributed by atoms with van der Waals surface area (Å²) in [5.41, 5.74) is 0.914. The Morgan fingerprint density at radius 1 is 1.50 bits per heavy atom. The fourth-order valence-corrected chi connectivity index (χ4v) is 3.75. The Morgan fingerprint density at radius 3 is 2.89 bits per heavy atom. The number of para-hydroxylation sites is 1. The van der Waals surface area contributed by atoms with Crippen LogP contribution in [0.2, 0.25) is 0 Å². The summed E-state index contributed by atoms with van der Waals surface area (Å²) in [6.45, 7) is -1.36. The van der Waals surface area contributed by atoms with E-state index in [9.17, 15) is 4.79 Å². The number of halogens is 2. The monoisotopic (exact) mass is 322 g/mol. The molecule has 0 saturated heterocycles. The molecule has 0 amide bonds. The van der Waals surface area contributed by atoms with Gasteiger partial charge in [0.25, 0.3) is 0 Å². The van der Waals surface area contributed by atoms with Gasteiger partial charge in [0, 0.05) is 0 Å². The number of ether oxygens (including phenoxy) is 1. The van der Waals surface area contributed by atoms with Crippen molar-refractivity contribution < 1.29 is 9.53 Å². The zero-order chi connectivity index (χ0) is 13.1. The fraction of sp³-hybridized carbons (Fsp3) is 0.200. The summed E-state index contributed by atoms with van der Waals surface area (Å²) in [6, 6.07) is 7.70. The second kappa shape index (κ2) is 6.02. The van der Waals surface area contributed by atoms with Gasteiger partial charge in [0.15, 0.2) is 4.80 Å². The van der Waals surface area contributed by atoms with Crippen LogP contribution in [0.5, 0.6) is 0 Å². The minimum atomic E-state index is -1.45. The summed E-state index contributed by atoms with van der Waals surface area (Å²) in [5, 5.41) is 0. The largest absolute Gasteiger partial charge is 0.468 e. The molecule has 18 heavy (non-hydrogen) atoms. The Kier molecular flexibility index (Phi) is 4.62. The standard InChI is InChI=1S/C10H9Cl2N2O2PS/c1-16-9(15)6-14-7-4-2-3-5-8(7)18-10(14)13-17(11)12/h2-5H,6H2,1H3/b13-10-. The van der Waals surface area contributed by atoms with Crippen molar-refractivity contribution in [1.82, 2.24) is 4.57 Å². The maximum atomic E-state index is 11.4. The first-order chi connectivity index (χ1) is 8.61. The van der Waals surface area contributed by atoms with Crippen LogP contribution >= 0.6 is 40.6 Å². The predicted molar refractivity (Wildman–Crippen MR) is 76.0 cm³/mol. The summed E-state index contributed by atoms with van der Waals surface area (Å²) in [4.78, 5) is 12.0. The molecule has 0 spiro atoms. The molecule has 0 aliphatic carbocycles. The molecule has 2 rings (SSSR count). The molecule has 0 N–H and O–H groups in total. The van der Waals surface area contributed by atoms with Gasteiger partial charge >= 0.3 is 5.97 Å². The minimum Gasteiger partial charge on any atom is -0.468 e. The Balaban J connectivity index is 2.61. The summed E-state index contributed by atoms with van der Waals surface area (Å²) in [5.74, 6) is -0.339. The number of thiazole rings is 1. The van der Waals surface area contributed by atoms with Crippen LogP contribution in [0.4, 0.5) is 0 Å². The number of nitrogens with zero attached hydrogens (tertiary/aromatic N) is 2. The van der Waals surface area contributed by atoms with Gasteiger partial charge in [0.2, 0.25) is 6.78 Å². The highest BCUT2D eigenvalue weighted by Crippen LogP contribution is 2.47. The number of hydrogen-bond donors (Lipinski definition) is 0. The number of benzene rings is 1. The van der Waals surface area contributed by atoms with E-state index in [0.717, 1.165) is 10.2 Å². The molecule has 0 saturated carbocycles. The number of esters is 1. The Labute approximate surface area is 118 Å². The molecule has 0 fully saturated rings. The molecular weight excluding hydrogens is 314 g/mol. The van der Waals surface area contributed by atoms with Crippen LogP contribution in [0.25, 0.3) is 10.2 Å². The van der Waals surface area contributed by atoms with Gasteiger partial charge < -0.3 is 9.30 Å². The molecule has 0 aliphatic heterocycles. The van der Waals surface area contributed by atoms with Crippen LogP contribution in [0, 0.1) is 0 Å². The topological polar surface area (TPSA) is 43.6 Å². The molecule has 2 aromatic rings. The van der Waals surface area contributed by atoms with Gasteiger partial charge in [-0.3, -0.25) is 4.79 Å². The lowest BCUT2D eigenvalue weighted by Gasteiger charge is -2.03. The minimum absolute atomic E-state index is 0.0935. The zero-order valence-corrected chi connectivity index (χ0v) is 12.6. The summed E-state index contributed by atoms with van der Waals surface area (Å²) in [7, 11) is 1.35. The van der Waals surface area contributed by atoms with Crippen molar-refractivity contribution >= 4 is 56.8 Å². The molecule has 96 valence electrons.